The summed E-state index contributed by atoms with van der Waals surface area (Å²) in [7, 11) is 0. The van der Waals surface area contributed by atoms with Gasteiger partial charge in [0.1, 0.15) is 12.2 Å². The van der Waals surface area contributed by atoms with Crippen LogP contribution in [0.25, 0.3) is 0 Å². The van der Waals surface area contributed by atoms with Crippen LogP contribution in [-0.2, 0) is 19.4 Å². The molecular weight excluding hydrogens is 499 g/mol. The third-order valence-corrected chi connectivity index (χ3v) is 5.40. The van der Waals surface area contributed by atoms with E-state index in [0.717, 1.165) is 49.3 Å². The average molecular weight is 531 g/mol. The average Bonchev–Trinajstić information content (AvgIpc) is 3.16. The Morgan fingerprint density at radius 1 is 1.28 bits per heavy atom. The van der Waals surface area contributed by atoms with Crippen LogP contribution in [0.5, 0.6) is 0 Å². The molecular formula is C21H32ClIN6. The van der Waals surface area contributed by atoms with E-state index < -0.39 is 0 Å². The molecule has 1 heterocycles. The van der Waals surface area contributed by atoms with Crippen LogP contribution >= 0.6 is 35.6 Å². The van der Waals surface area contributed by atoms with E-state index in [2.05, 4.69) is 38.4 Å². The second-order valence-corrected chi connectivity index (χ2v) is 7.75. The molecule has 0 bridgehead atoms. The fourth-order valence-electron chi connectivity index (χ4n) is 3.62. The van der Waals surface area contributed by atoms with E-state index >= 15 is 0 Å². The van der Waals surface area contributed by atoms with Crippen LogP contribution in [0.2, 0.25) is 5.02 Å². The number of aryl methyl sites for hydroxylation is 1. The lowest BCUT2D eigenvalue weighted by atomic mass is 9.96. The van der Waals surface area contributed by atoms with Gasteiger partial charge in [0, 0.05) is 37.1 Å². The van der Waals surface area contributed by atoms with Gasteiger partial charge in [-0.15, -0.1) is 34.2 Å². The predicted molar refractivity (Wildman–Crippen MR) is 130 cm³/mol. The molecule has 0 unspecified atom stereocenters. The van der Waals surface area contributed by atoms with Crippen LogP contribution in [0.3, 0.4) is 0 Å². The van der Waals surface area contributed by atoms with Gasteiger partial charge in [-0.25, -0.2) is 0 Å². The lowest BCUT2D eigenvalue weighted by molar-refractivity contribution is 0.409. The molecule has 0 aliphatic heterocycles. The summed E-state index contributed by atoms with van der Waals surface area (Å²) in [5.74, 6) is 1.92. The first-order chi connectivity index (χ1) is 13.7. The number of hydrogen-bond acceptors (Lipinski definition) is 3. The first-order valence-corrected chi connectivity index (χ1v) is 10.8. The minimum Gasteiger partial charge on any atom is -0.355 e. The number of halogens is 2. The number of aromatic nitrogens is 3. The molecule has 1 aliphatic carbocycles. The highest BCUT2D eigenvalue weighted by Gasteiger charge is 2.14. The molecule has 1 aromatic heterocycles. The van der Waals surface area contributed by atoms with Gasteiger partial charge in [0.2, 0.25) is 0 Å². The van der Waals surface area contributed by atoms with Crippen LogP contribution in [0.1, 0.15) is 50.4 Å². The van der Waals surface area contributed by atoms with Crippen LogP contribution in [0, 0.1) is 0 Å². The van der Waals surface area contributed by atoms with Gasteiger partial charge in [-0.05, 0) is 37.0 Å². The second-order valence-electron chi connectivity index (χ2n) is 7.31. The third-order valence-electron chi connectivity index (χ3n) is 5.16. The lowest BCUT2D eigenvalue weighted by Gasteiger charge is -2.25. The summed E-state index contributed by atoms with van der Waals surface area (Å²) in [5.41, 5.74) is 1.21. The van der Waals surface area contributed by atoms with E-state index in [1.54, 1.807) is 6.33 Å². The summed E-state index contributed by atoms with van der Waals surface area (Å²) in [6.45, 7) is 4.45. The van der Waals surface area contributed by atoms with E-state index in [-0.39, 0.29) is 24.0 Å². The number of nitrogens with zero attached hydrogens (tertiary/aromatic N) is 4. The molecule has 0 saturated heterocycles. The Morgan fingerprint density at radius 2 is 2.10 bits per heavy atom. The minimum atomic E-state index is 0. The third kappa shape index (κ3) is 8.12. The zero-order chi connectivity index (χ0) is 19.6. The van der Waals surface area contributed by atoms with Crippen molar-refractivity contribution < 1.29 is 0 Å². The fourth-order valence-corrected chi connectivity index (χ4v) is 3.83. The summed E-state index contributed by atoms with van der Waals surface area (Å²) in [6.07, 6.45) is 9.96. The molecule has 1 aliphatic rings. The van der Waals surface area contributed by atoms with E-state index in [4.69, 9.17) is 16.6 Å². The van der Waals surface area contributed by atoms with Crippen LogP contribution in [0.15, 0.2) is 35.6 Å². The quantitative estimate of drug-likeness (QED) is 0.305. The van der Waals surface area contributed by atoms with Gasteiger partial charge in [0.15, 0.2) is 5.96 Å². The van der Waals surface area contributed by atoms with Gasteiger partial charge >= 0.3 is 0 Å². The molecule has 0 amide bonds. The molecule has 1 saturated carbocycles. The van der Waals surface area contributed by atoms with Crippen LogP contribution in [-0.4, -0.2) is 39.9 Å². The highest BCUT2D eigenvalue weighted by molar-refractivity contribution is 14.0. The van der Waals surface area contributed by atoms with Crippen molar-refractivity contribution in [2.24, 2.45) is 4.99 Å². The normalized spacial score (nSPS) is 15.0. The molecule has 29 heavy (non-hydrogen) atoms. The first kappa shape index (κ1) is 23.9. The Hall–Kier alpha value is -1.35. The van der Waals surface area contributed by atoms with Crippen LogP contribution < -0.4 is 10.6 Å². The van der Waals surface area contributed by atoms with Crippen molar-refractivity contribution in [3.05, 3.63) is 47.0 Å². The number of hydrogen-bond donors (Lipinski definition) is 2. The largest absolute Gasteiger partial charge is 0.355 e. The maximum atomic E-state index is 6.08. The summed E-state index contributed by atoms with van der Waals surface area (Å²) in [4.78, 5) is 4.82. The smallest absolute Gasteiger partial charge is 0.191 e. The SMILES string of the molecule is CCc1nncn1CCNC(=NCCc1cccc(Cl)c1)NC1CCCCC1.I. The number of guanidine groups is 1. The molecule has 0 radical (unpaired) electrons. The highest BCUT2D eigenvalue weighted by atomic mass is 127. The van der Waals surface area contributed by atoms with Crippen molar-refractivity contribution in [2.45, 2.75) is 64.5 Å². The standard InChI is InChI=1S/C21H31ClN6.HI/c1-2-20-27-25-16-28(20)14-13-24-21(26-19-9-4-3-5-10-19)23-12-11-17-7-6-8-18(22)15-17;/h6-8,15-16,19H,2-5,9-14H2,1H3,(H2,23,24,26);1H. The van der Waals surface area contributed by atoms with E-state index in [0.29, 0.717) is 6.04 Å². The van der Waals surface area contributed by atoms with Gasteiger partial charge in [-0.3, -0.25) is 4.99 Å². The summed E-state index contributed by atoms with van der Waals surface area (Å²) in [5, 5.41) is 16.1. The van der Waals surface area contributed by atoms with Crippen molar-refractivity contribution in [2.75, 3.05) is 13.1 Å². The van der Waals surface area contributed by atoms with Crippen molar-refractivity contribution >= 4 is 41.5 Å². The molecule has 1 aromatic carbocycles. The van der Waals surface area contributed by atoms with Crippen molar-refractivity contribution in [3.63, 3.8) is 0 Å². The number of aliphatic imine (C=N–C) groups is 1. The van der Waals surface area contributed by atoms with Gasteiger partial charge in [0.05, 0.1) is 0 Å². The fraction of sp³-hybridized carbons (Fsp3) is 0.571. The maximum Gasteiger partial charge on any atom is 0.191 e. The lowest BCUT2D eigenvalue weighted by Crippen LogP contribution is -2.45. The molecule has 1 fully saturated rings. The van der Waals surface area contributed by atoms with Gasteiger partial charge < -0.3 is 15.2 Å². The minimum absolute atomic E-state index is 0. The van der Waals surface area contributed by atoms with Crippen molar-refractivity contribution in [1.29, 1.82) is 0 Å². The molecule has 160 valence electrons. The van der Waals surface area contributed by atoms with Crippen LogP contribution in [0.4, 0.5) is 0 Å². The zero-order valence-electron chi connectivity index (χ0n) is 17.1. The monoisotopic (exact) mass is 530 g/mol. The predicted octanol–water partition coefficient (Wildman–Crippen LogP) is 4.22. The van der Waals surface area contributed by atoms with E-state index in [1.165, 1.54) is 37.7 Å². The first-order valence-electron chi connectivity index (χ1n) is 10.4. The Morgan fingerprint density at radius 3 is 2.86 bits per heavy atom. The van der Waals surface area contributed by atoms with E-state index in [9.17, 15) is 0 Å². The van der Waals surface area contributed by atoms with Gasteiger partial charge in [0.25, 0.3) is 0 Å². The van der Waals surface area contributed by atoms with Gasteiger partial charge in [-0.2, -0.15) is 0 Å². The number of benzene rings is 1. The zero-order valence-corrected chi connectivity index (χ0v) is 20.2. The van der Waals surface area contributed by atoms with Gasteiger partial charge in [-0.1, -0.05) is 49.9 Å². The van der Waals surface area contributed by atoms with Crippen molar-refractivity contribution in [3.8, 4) is 0 Å². The second kappa shape index (κ2) is 13.1. The molecule has 2 aromatic rings. The Kier molecular flexibility index (Phi) is 10.8. The maximum absolute atomic E-state index is 6.08. The van der Waals surface area contributed by atoms with E-state index in [1.807, 2.05) is 18.2 Å². The molecule has 8 heteroatoms. The topological polar surface area (TPSA) is 67.1 Å². The number of rotatable bonds is 8. The Labute approximate surface area is 195 Å². The Bertz CT molecular complexity index is 757. The highest BCUT2D eigenvalue weighted by Crippen LogP contribution is 2.17. The summed E-state index contributed by atoms with van der Waals surface area (Å²) in [6, 6.07) is 8.53. The number of nitrogens with one attached hydrogen (secondary N) is 2. The molecule has 2 N–H and O–H groups in total. The Balaban J connectivity index is 0.00000300. The molecule has 0 spiro atoms. The van der Waals surface area contributed by atoms with Crippen molar-refractivity contribution in [1.82, 2.24) is 25.4 Å². The summed E-state index contributed by atoms with van der Waals surface area (Å²) >= 11 is 6.08. The molecule has 3 rings (SSSR count). The summed E-state index contributed by atoms with van der Waals surface area (Å²) < 4.78 is 2.09. The molecule has 6 nitrogen and oxygen atoms in total. The molecule has 0 atom stereocenters.